The molecular weight excluding hydrogens is 422 g/mol. The van der Waals surface area contributed by atoms with Gasteiger partial charge in [0.25, 0.3) is 0 Å². The number of hydrogen-bond acceptors (Lipinski definition) is 6. The molecule has 0 aromatic rings. The first-order valence-electron chi connectivity index (χ1n) is 12.7. The third-order valence-corrected chi connectivity index (χ3v) is 7.12. The van der Waals surface area contributed by atoms with E-state index >= 15 is 0 Å². The van der Waals surface area contributed by atoms with Gasteiger partial charge in [-0.15, -0.1) is 0 Å². The van der Waals surface area contributed by atoms with E-state index in [0.29, 0.717) is 0 Å². The molecule has 1 saturated heterocycles. The maximum absolute atomic E-state index is 9.23. The van der Waals surface area contributed by atoms with Crippen molar-refractivity contribution in [2.24, 2.45) is 9.98 Å². The lowest BCUT2D eigenvalue weighted by atomic mass is 9.89. The van der Waals surface area contributed by atoms with Crippen LogP contribution in [0.1, 0.15) is 46.0 Å². The highest BCUT2D eigenvalue weighted by Gasteiger charge is 2.28. The lowest BCUT2D eigenvalue weighted by Crippen LogP contribution is -2.47. The minimum atomic E-state index is 0.228. The number of fused-ring (bicyclic) bond motifs is 1. The van der Waals surface area contributed by atoms with E-state index in [4.69, 9.17) is 4.99 Å². The largest absolute Gasteiger partial charge is 0.395 e. The summed E-state index contributed by atoms with van der Waals surface area (Å²) in [7, 11) is 1.84. The fraction of sp³-hybridized carbons (Fsp3) is 0.500. The fourth-order valence-electron chi connectivity index (χ4n) is 4.75. The van der Waals surface area contributed by atoms with Crippen molar-refractivity contribution in [1.29, 1.82) is 0 Å². The second-order valence-electron chi connectivity index (χ2n) is 9.44. The van der Waals surface area contributed by atoms with Crippen molar-refractivity contribution < 1.29 is 5.11 Å². The summed E-state index contributed by atoms with van der Waals surface area (Å²) in [5.74, 6) is 0.953. The van der Waals surface area contributed by atoms with Gasteiger partial charge in [-0.25, -0.2) is 4.99 Å². The van der Waals surface area contributed by atoms with Crippen molar-refractivity contribution in [3.63, 3.8) is 0 Å². The quantitative estimate of drug-likeness (QED) is 0.430. The van der Waals surface area contributed by atoms with Crippen LogP contribution in [0.2, 0.25) is 0 Å². The summed E-state index contributed by atoms with van der Waals surface area (Å²) in [6.45, 7) is 13.4. The zero-order valence-electron chi connectivity index (χ0n) is 21.1. The smallest absolute Gasteiger partial charge is 0.137 e. The number of aliphatic hydroxyl groups is 1. The molecule has 1 N–H and O–H groups in total. The van der Waals surface area contributed by atoms with E-state index in [1.165, 1.54) is 29.0 Å². The predicted octanol–water partition coefficient (Wildman–Crippen LogP) is 4.42. The average molecular weight is 462 g/mol. The molecule has 0 radical (unpaired) electrons. The second-order valence-corrected chi connectivity index (χ2v) is 9.44. The number of allylic oxidation sites excluding steroid dienone is 6. The summed E-state index contributed by atoms with van der Waals surface area (Å²) in [4.78, 5) is 16.6. The SMILES string of the molecule is C=C(CCC)/C(C)=C/C(=N\C)C1=CC(=C2CCC2)N2C=C(N3CCN(CCO)CC3)C=CC2=N1. The normalized spacial score (nSPS) is 21.7. The first-order valence-corrected chi connectivity index (χ1v) is 12.7. The van der Waals surface area contributed by atoms with Gasteiger partial charge in [-0.2, -0.15) is 0 Å². The standard InChI is InChI=1S/C28H39N5O/c1-5-7-21(2)22(3)18-25(29-4)26-19-27(23-8-6-9-23)33-20-24(10-11-28(33)30-26)32-14-12-31(13-15-32)16-17-34/h10-11,18-20,34H,2,5-9,12-17H2,1,3-4H3/b22-18+,29-25+. The molecule has 0 unspecified atom stereocenters. The van der Waals surface area contributed by atoms with Gasteiger partial charge >= 0.3 is 0 Å². The van der Waals surface area contributed by atoms with E-state index in [1.807, 2.05) is 7.05 Å². The van der Waals surface area contributed by atoms with Crippen LogP contribution in [0, 0.1) is 0 Å². The van der Waals surface area contributed by atoms with E-state index in [0.717, 1.165) is 81.2 Å². The predicted molar refractivity (Wildman–Crippen MR) is 142 cm³/mol. The average Bonchev–Trinajstić information content (AvgIpc) is 2.82. The Bertz CT molecular complexity index is 1010. The van der Waals surface area contributed by atoms with Crippen molar-refractivity contribution in [3.05, 3.63) is 70.9 Å². The molecule has 1 saturated carbocycles. The van der Waals surface area contributed by atoms with Gasteiger partial charge in [0.15, 0.2) is 0 Å². The summed E-state index contributed by atoms with van der Waals surface area (Å²) in [5, 5.41) is 9.23. The summed E-state index contributed by atoms with van der Waals surface area (Å²) in [5.41, 5.74) is 8.14. The van der Waals surface area contributed by atoms with E-state index < -0.39 is 0 Å². The summed E-state index contributed by atoms with van der Waals surface area (Å²) in [6.07, 6.45) is 16.6. The zero-order chi connectivity index (χ0) is 24.1. The lowest BCUT2D eigenvalue weighted by molar-refractivity contribution is 0.133. The van der Waals surface area contributed by atoms with Crippen molar-refractivity contribution in [1.82, 2.24) is 14.7 Å². The molecule has 0 atom stereocenters. The number of hydrogen-bond donors (Lipinski definition) is 1. The maximum atomic E-state index is 9.23. The fourth-order valence-corrected chi connectivity index (χ4v) is 4.75. The Kier molecular flexibility index (Phi) is 8.01. The van der Waals surface area contributed by atoms with Crippen LogP contribution < -0.4 is 0 Å². The molecule has 2 fully saturated rings. The number of piperazine rings is 1. The first-order chi connectivity index (χ1) is 16.5. The molecule has 0 amide bonds. The van der Waals surface area contributed by atoms with Gasteiger partial charge in [0, 0.05) is 51.7 Å². The van der Waals surface area contributed by atoms with Crippen LogP contribution in [0.5, 0.6) is 0 Å². The Balaban J connectivity index is 1.59. The number of β-amino-alcohol motifs (C(OH)–C–C–N with tert-alkyl or cyclic N) is 1. The molecule has 6 heteroatoms. The van der Waals surface area contributed by atoms with E-state index in [1.54, 1.807) is 0 Å². The molecule has 1 aliphatic carbocycles. The Morgan fingerprint density at radius 1 is 1.21 bits per heavy atom. The van der Waals surface area contributed by atoms with Gasteiger partial charge in [0.1, 0.15) is 5.84 Å². The highest BCUT2D eigenvalue weighted by molar-refractivity contribution is 6.12. The third-order valence-electron chi connectivity index (χ3n) is 7.12. The molecule has 3 heterocycles. The number of nitrogens with zero attached hydrogens (tertiary/aromatic N) is 5. The van der Waals surface area contributed by atoms with Gasteiger partial charge in [0.2, 0.25) is 0 Å². The van der Waals surface area contributed by atoms with E-state index in [-0.39, 0.29) is 6.61 Å². The van der Waals surface area contributed by atoms with Gasteiger partial charge in [-0.1, -0.05) is 25.5 Å². The number of aliphatic imine (C=N–C) groups is 2. The second kappa shape index (κ2) is 11.2. The monoisotopic (exact) mass is 461 g/mol. The lowest BCUT2D eigenvalue weighted by Gasteiger charge is -2.39. The van der Waals surface area contributed by atoms with Crippen LogP contribution in [-0.4, -0.2) is 77.7 Å². The van der Waals surface area contributed by atoms with Crippen molar-refractivity contribution in [3.8, 4) is 0 Å². The van der Waals surface area contributed by atoms with Gasteiger partial charge in [0.05, 0.1) is 23.7 Å². The van der Waals surface area contributed by atoms with Crippen LogP contribution in [0.4, 0.5) is 0 Å². The van der Waals surface area contributed by atoms with Crippen LogP contribution in [0.15, 0.2) is 80.9 Å². The Labute approximate surface area is 204 Å². The molecule has 0 spiro atoms. The van der Waals surface area contributed by atoms with E-state index in [9.17, 15) is 5.11 Å². The molecule has 6 nitrogen and oxygen atoms in total. The van der Waals surface area contributed by atoms with Gasteiger partial charge < -0.3 is 10.0 Å². The van der Waals surface area contributed by atoms with Crippen molar-refractivity contribution >= 4 is 11.5 Å². The number of aliphatic hydroxyl groups excluding tert-OH is 1. The number of rotatable bonds is 8. The highest BCUT2D eigenvalue weighted by Crippen LogP contribution is 2.35. The van der Waals surface area contributed by atoms with Gasteiger partial charge in [-0.3, -0.25) is 14.8 Å². The third kappa shape index (κ3) is 5.34. The van der Waals surface area contributed by atoms with E-state index in [2.05, 4.69) is 70.6 Å². The molecule has 4 aliphatic rings. The molecule has 34 heavy (non-hydrogen) atoms. The Morgan fingerprint density at radius 2 is 1.97 bits per heavy atom. The van der Waals surface area contributed by atoms with Crippen LogP contribution in [0.3, 0.4) is 0 Å². The Hall–Kier alpha value is -2.70. The highest BCUT2D eigenvalue weighted by atomic mass is 16.3. The van der Waals surface area contributed by atoms with Crippen molar-refractivity contribution in [2.75, 3.05) is 46.4 Å². The minimum Gasteiger partial charge on any atom is -0.395 e. The Morgan fingerprint density at radius 3 is 2.59 bits per heavy atom. The van der Waals surface area contributed by atoms with Crippen molar-refractivity contribution in [2.45, 2.75) is 46.0 Å². The topological polar surface area (TPSA) is 54.7 Å². The first kappa shape index (κ1) is 24.4. The molecule has 182 valence electrons. The molecule has 0 bridgehead atoms. The van der Waals surface area contributed by atoms with Crippen LogP contribution in [-0.2, 0) is 0 Å². The molecular formula is C28H39N5O. The summed E-state index contributed by atoms with van der Waals surface area (Å²) >= 11 is 0. The van der Waals surface area contributed by atoms with Gasteiger partial charge in [-0.05, 0) is 68.1 Å². The molecule has 4 rings (SSSR count). The molecule has 3 aliphatic heterocycles. The minimum absolute atomic E-state index is 0.228. The maximum Gasteiger partial charge on any atom is 0.137 e. The summed E-state index contributed by atoms with van der Waals surface area (Å²) < 4.78 is 0. The van der Waals surface area contributed by atoms with Crippen LogP contribution >= 0.6 is 0 Å². The van der Waals surface area contributed by atoms with Crippen LogP contribution in [0.25, 0.3) is 0 Å². The molecule has 0 aromatic carbocycles. The number of amidine groups is 1. The zero-order valence-corrected chi connectivity index (χ0v) is 21.1. The summed E-state index contributed by atoms with van der Waals surface area (Å²) in [6, 6.07) is 0. The molecule has 0 aromatic heterocycles.